The summed E-state index contributed by atoms with van der Waals surface area (Å²) in [5, 5.41) is 15.3. The minimum Gasteiger partial charge on any atom is -0.366 e. The van der Waals surface area contributed by atoms with Gasteiger partial charge in [0.2, 0.25) is 23.7 Å². The topological polar surface area (TPSA) is 224 Å². The predicted molar refractivity (Wildman–Crippen MR) is 197 cm³/mol. The van der Waals surface area contributed by atoms with E-state index in [4.69, 9.17) is 17.2 Å². The molecule has 274 valence electrons. The summed E-state index contributed by atoms with van der Waals surface area (Å²) in [4.78, 5) is 39.0. The molecule has 2 aromatic heterocycles. The van der Waals surface area contributed by atoms with Crippen LogP contribution in [0.25, 0.3) is 0 Å². The zero-order valence-corrected chi connectivity index (χ0v) is 28.7. The molecule has 0 bridgehead atoms. The Morgan fingerprint density at radius 3 is 1.73 bits per heavy atom. The molecule has 14 nitrogen and oxygen atoms in total. The normalized spacial score (nSPS) is 21.0. The summed E-state index contributed by atoms with van der Waals surface area (Å²) in [5.41, 5.74) is 20.8. The summed E-state index contributed by atoms with van der Waals surface area (Å²) in [6.07, 6.45) is 10.8. The summed E-state index contributed by atoms with van der Waals surface area (Å²) in [6.45, 7) is 0. The lowest BCUT2D eigenvalue weighted by molar-refractivity contribution is -0.116. The number of benzene rings is 2. The van der Waals surface area contributed by atoms with Crippen LogP contribution in [-0.2, 0) is 11.2 Å². The number of halogens is 2. The second-order valence-corrected chi connectivity index (χ2v) is 13.4. The molecular formula is C36H44F2N12O2. The van der Waals surface area contributed by atoms with E-state index in [1.54, 1.807) is 24.3 Å². The number of carbonyl (C=O) groups is 2. The van der Waals surface area contributed by atoms with Gasteiger partial charge in [-0.25, -0.2) is 18.7 Å². The maximum absolute atomic E-state index is 14.1. The molecular weight excluding hydrogens is 670 g/mol. The molecule has 4 aromatic rings. The number of carbonyl (C=O) groups excluding carboxylic acids is 2. The number of primary amides is 1. The minimum absolute atomic E-state index is 0.0319. The summed E-state index contributed by atoms with van der Waals surface area (Å²) in [5.74, 6) is -0.458. The molecule has 3 aliphatic rings. The Balaban J connectivity index is 0.000000179. The highest BCUT2D eigenvalue weighted by atomic mass is 19.1. The Morgan fingerprint density at radius 2 is 1.21 bits per heavy atom. The van der Waals surface area contributed by atoms with E-state index in [-0.39, 0.29) is 47.7 Å². The van der Waals surface area contributed by atoms with Gasteiger partial charge in [0.15, 0.2) is 23.3 Å². The van der Waals surface area contributed by atoms with E-state index in [1.807, 2.05) is 18.2 Å². The van der Waals surface area contributed by atoms with E-state index >= 15 is 0 Å². The number of rotatable bonds is 9. The van der Waals surface area contributed by atoms with Crippen LogP contribution in [0.4, 0.5) is 49.4 Å². The second-order valence-electron chi connectivity index (χ2n) is 13.4. The quantitative estimate of drug-likeness (QED) is 0.114. The fraction of sp³-hybridized carbons (Fsp3) is 0.389. The van der Waals surface area contributed by atoms with E-state index < -0.39 is 17.5 Å². The molecule has 1 aliphatic heterocycles. The van der Waals surface area contributed by atoms with Crippen LogP contribution >= 0.6 is 0 Å². The highest BCUT2D eigenvalue weighted by Gasteiger charge is 2.22. The van der Waals surface area contributed by atoms with Gasteiger partial charge in [-0.2, -0.15) is 9.97 Å². The van der Waals surface area contributed by atoms with Crippen molar-refractivity contribution in [3.63, 3.8) is 0 Å². The van der Waals surface area contributed by atoms with Crippen molar-refractivity contribution in [2.75, 3.05) is 26.6 Å². The number of anilines is 7. The number of nitrogens with two attached hydrogens (primary N) is 3. The summed E-state index contributed by atoms with van der Waals surface area (Å²) in [6, 6.07) is 13.0. The maximum atomic E-state index is 14.1. The van der Waals surface area contributed by atoms with Crippen molar-refractivity contribution in [2.45, 2.75) is 88.4 Å². The van der Waals surface area contributed by atoms with Gasteiger partial charge in [0.1, 0.15) is 0 Å². The number of aryl methyl sites for hydroxylation is 1. The highest BCUT2D eigenvalue weighted by Crippen LogP contribution is 2.28. The summed E-state index contributed by atoms with van der Waals surface area (Å²) >= 11 is 0. The monoisotopic (exact) mass is 714 g/mol. The smallest absolute Gasteiger partial charge is 0.248 e. The van der Waals surface area contributed by atoms with Crippen LogP contribution in [0.15, 0.2) is 54.9 Å². The maximum Gasteiger partial charge on any atom is 0.248 e. The summed E-state index contributed by atoms with van der Waals surface area (Å²) < 4.78 is 28.1. The molecule has 7 rings (SSSR count). The van der Waals surface area contributed by atoms with Crippen LogP contribution in [0.1, 0.15) is 73.7 Å². The fourth-order valence-electron chi connectivity index (χ4n) is 6.41. The van der Waals surface area contributed by atoms with Gasteiger partial charge >= 0.3 is 0 Å². The fourth-order valence-corrected chi connectivity index (χ4v) is 6.41. The summed E-state index contributed by atoms with van der Waals surface area (Å²) in [7, 11) is 0. The van der Waals surface area contributed by atoms with Crippen LogP contribution in [0, 0.1) is 11.6 Å². The molecule has 2 aromatic carbocycles. The number of hydrogen-bond acceptors (Lipinski definition) is 12. The zero-order valence-electron chi connectivity index (χ0n) is 28.7. The third kappa shape index (κ3) is 9.85. The van der Waals surface area contributed by atoms with Gasteiger partial charge in [0.25, 0.3) is 0 Å². The average Bonchev–Trinajstić information content (AvgIpc) is 3.13. The first-order valence-corrected chi connectivity index (χ1v) is 17.5. The average molecular weight is 715 g/mol. The SMILES string of the molecule is NC(=O)c1ccc(Nc2ncc(F)c(NC3CCC(N)CC3)n2)cc1.NC1CCC(Nc2nc(Nc3ccc4c(c3)CCC(=O)N4)ncc2F)CC1. The molecule has 2 amide bonds. The van der Waals surface area contributed by atoms with E-state index in [2.05, 4.69) is 46.5 Å². The Hall–Kier alpha value is -5.48. The molecule has 11 N–H and O–H groups in total. The molecule has 0 atom stereocenters. The van der Waals surface area contributed by atoms with Crippen molar-refractivity contribution in [1.29, 1.82) is 0 Å². The van der Waals surface area contributed by atoms with E-state index in [9.17, 15) is 18.4 Å². The Morgan fingerprint density at radius 1 is 0.712 bits per heavy atom. The lowest BCUT2D eigenvalue weighted by Crippen LogP contribution is -2.33. The lowest BCUT2D eigenvalue weighted by atomic mass is 9.92. The molecule has 16 heteroatoms. The van der Waals surface area contributed by atoms with E-state index in [1.165, 1.54) is 6.20 Å². The molecule has 2 fully saturated rings. The Bertz CT molecular complexity index is 1860. The first-order chi connectivity index (χ1) is 25.1. The zero-order chi connectivity index (χ0) is 36.6. The Kier molecular flexibility index (Phi) is 11.7. The van der Waals surface area contributed by atoms with Crippen molar-refractivity contribution in [1.82, 2.24) is 19.9 Å². The molecule has 0 unspecified atom stereocenters. The third-order valence-electron chi connectivity index (χ3n) is 9.40. The number of nitrogens with zero attached hydrogens (tertiary/aromatic N) is 4. The van der Waals surface area contributed by atoms with Crippen LogP contribution in [0.2, 0.25) is 0 Å². The van der Waals surface area contributed by atoms with Crippen molar-refractivity contribution >= 4 is 52.4 Å². The van der Waals surface area contributed by atoms with Gasteiger partial charge in [0, 0.05) is 53.2 Å². The molecule has 0 radical (unpaired) electrons. The van der Waals surface area contributed by atoms with E-state index in [0.29, 0.717) is 30.0 Å². The van der Waals surface area contributed by atoms with Crippen LogP contribution in [0.3, 0.4) is 0 Å². The van der Waals surface area contributed by atoms with Gasteiger partial charge in [-0.15, -0.1) is 0 Å². The third-order valence-corrected chi connectivity index (χ3v) is 9.40. The van der Waals surface area contributed by atoms with Crippen molar-refractivity contribution in [3.05, 3.63) is 77.6 Å². The van der Waals surface area contributed by atoms with Gasteiger partial charge in [-0.1, -0.05) is 0 Å². The number of nitrogens with one attached hydrogen (secondary N) is 5. The first kappa shape index (κ1) is 36.3. The molecule has 2 aliphatic carbocycles. The van der Waals surface area contributed by atoms with Crippen LogP contribution in [0.5, 0.6) is 0 Å². The minimum atomic E-state index is -0.497. The standard InChI is InChI=1S/C19H23FN6O.C17H21FN6O/c20-15-10-22-19(26-18(15)23-13-4-2-12(21)3-5-13)24-14-6-7-16-11(9-14)1-8-17(27)25-16;18-14-9-21-17(23-13-5-1-10(2-6-13)15(20)25)24-16(14)22-12-7-3-11(19)4-8-12/h6-7,9-10,12-13H,1-5,8,21H2,(H,25,27)(H2,22,23,24,26);1-2,5-6,9,11-12H,3-4,7-8,19H2,(H2,20,25)(H2,21,22,23,24). The van der Waals surface area contributed by atoms with Crippen LogP contribution in [-0.4, -0.2) is 55.9 Å². The molecule has 3 heterocycles. The van der Waals surface area contributed by atoms with Gasteiger partial charge < -0.3 is 43.8 Å². The molecule has 0 saturated heterocycles. The number of amides is 2. The number of aromatic nitrogens is 4. The number of fused-ring (bicyclic) bond motifs is 1. The van der Waals surface area contributed by atoms with Gasteiger partial charge in [-0.3, -0.25) is 9.59 Å². The second kappa shape index (κ2) is 16.7. The lowest BCUT2D eigenvalue weighted by Gasteiger charge is -2.27. The van der Waals surface area contributed by atoms with Gasteiger partial charge in [0.05, 0.1) is 12.4 Å². The Labute approximate surface area is 300 Å². The van der Waals surface area contributed by atoms with Crippen molar-refractivity contribution in [3.8, 4) is 0 Å². The van der Waals surface area contributed by atoms with E-state index in [0.717, 1.165) is 74.5 Å². The molecule has 52 heavy (non-hydrogen) atoms. The number of hydrogen-bond donors (Lipinski definition) is 8. The largest absolute Gasteiger partial charge is 0.366 e. The highest BCUT2D eigenvalue weighted by molar-refractivity contribution is 5.94. The molecule has 0 spiro atoms. The first-order valence-electron chi connectivity index (χ1n) is 17.5. The predicted octanol–water partition coefficient (Wildman–Crippen LogP) is 5.07. The van der Waals surface area contributed by atoms with Gasteiger partial charge in [-0.05, 0) is 106 Å². The van der Waals surface area contributed by atoms with Crippen molar-refractivity contribution in [2.24, 2.45) is 17.2 Å². The molecule has 2 saturated carbocycles. The van der Waals surface area contributed by atoms with Crippen molar-refractivity contribution < 1.29 is 18.4 Å². The van der Waals surface area contributed by atoms with Crippen LogP contribution < -0.4 is 43.8 Å².